The fourth-order valence-electron chi connectivity index (χ4n) is 2.87. The van der Waals surface area contributed by atoms with Gasteiger partial charge in [0.2, 0.25) is 0 Å². The Hall–Kier alpha value is -1.48. The van der Waals surface area contributed by atoms with Gasteiger partial charge in [0.15, 0.2) is 0 Å². The quantitative estimate of drug-likeness (QED) is 0.829. The smallest absolute Gasteiger partial charge is 0.143 e. The summed E-state index contributed by atoms with van der Waals surface area (Å²) in [5, 5.41) is 3.52. The molecule has 1 aliphatic heterocycles. The van der Waals surface area contributed by atoms with Crippen LogP contribution in [-0.4, -0.2) is 18.2 Å². The molecule has 1 unspecified atom stereocenters. The Kier molecular flexibility index (Phi) is 4.39. The summed E-state index contributed by atoms with van der Waals surface area (Å²) in [6, 6.07) is 5.02. The van der Waals surface area contributed by atoms with E-state index < -0.39 is 0 Å². The van der Waals surface area contributed by atoms with Crippen molar-refractivity contribution < 1.29 is 4.74 Å². The Balaban J connectivity index is 2.40. The van der Waals surface area contributed by atoms with Crippen LogP contribution in [0, 0.1) is 6.92 Å². The molecular weight excluding hydrogens is 248 g/mol. The number of benzene rings is 1. The lowest BCUT2D eigenvalue weighted by molar-refractivity contribution is 0.243. The molecule has 0 saturated heterocycles. The fourth-order valence-corrected chi connectivity index (χ4v) is 2.87. The molecule has 0 bridgehead atoms. The van der Waals surface area contributed by atoms with E-state index in [-0.39, 0.29) is 6.10 Å². The van der Waals surface area contributed by atoms with E-state index in [0.717, 1.165) is 17.9 Å². The first-order valence-electron chi connectivity index (χ1n) is 7.40. The van der Waals surface area contributed by atoms with Gasteiger partial charge >= 0.3 is 0 Å². The van der Waals surface area contributed by atoms with Crippen LogP contribution in [-0.2, 0) is 0 Å². The second-order valence-corrected chi connectivity index (χ2v) is 6.12. The SMILES string of the molecule is Cc1cc(N)c(OC(C)C)cc1C1=CC(C)N[C@H](C)C1. The number of nitrogens with two attached hydrogens (primary N) is 1. The van der Waals surface area contributed by atoms with Crippen molar-refractivity contribution >= 4 is 11.3 Å². The van der Waals surface area contributed by atoms with E-state index in [1.54, 1.807) is 0 Å². The number of nitrogen functional groups attached to an aromatic ring is 1. The van der Waals surface area contributed by atoms with Crippen LogP contribution in [0.2, 0.25) is 0 Å². The molecule has 1 aliphatic rings. The van der Waals surface area contributed by atoms with Crippen molar-refractivity contribution in [2.24, 2.45) is 0 Å². The van der Waals surface area contributed by atoms with Crippen LogP contribution in [0.5, 0.6) is 5.75 Å². The summed E-state index contributed by atoms with van der Waals surface area (Å²) in [6.45, 7) is 10.6. The molecule has 3 heteroatoms. The van der Waals surface area contributed by atoms with Gasteiger partial charge in [-0.2, -0.15) is 0 Å². The highest BCUT2D eigenvalue weighted by Gasteiger charge is 2.19. The molecule has 1 aromatic rings. The lowest BCUT2D eigenvalue weighted by Gasteiger charge is -2.27. The van der Waals surface area contributed by atoms with Crippen LogP contribution >= 0.6 is 0 Å². The summed E-state index contributed by atoms with van der Waals surface area (Å²) < 4.78 is 5.82. The number of anilines is 1. The first kappa shape index (κ1) is 14.9. The topological polar surface area (TPSA) is 47.3 Å². The molecule has 2 atom stereocenters. The van der Waals surface area contributed by atoms with Crippen LogP contribution in [0.3, 0.4) is 0 Å². The maximum Gasteiger partial charge on any atom is 0.143 e. The molecule has 1 heterocycles. The minimum atomic E-state index is 0.132. The summed E-state index contributed by atoms with van der Waals surface area (Å²) in [5.74, 6) is 0.792. The van der Waals surface area contributed by atoms with Crippen molar-refractivity contribution in [1.82, 2.24) is 5.32 Å². The minimum absolute atomic E-state index is 0.132. The van der Waals surface area contributed by atoms with Crippen molar-refractivity contribution in [3.8, 4) is 5.75 Å². The summed E-state index contributed by atoms with van der Waals surface area (Å²) in [5.41, 5.74) is 10.6. The lowest BCUT2D eigenvalue weighted by atomic mass is 9.90. The molecule has 0 fully saturated rings. The Morgan fingerprint density at radius 2 is 2.00 bits per heavy atom. The molecule has 0 spiro atoms. The molecule has 2 rings (SSSR count). The number of hydrogen-bond acceptors (Lipinski definition) is 3. The van der Waals surface area contributed by atoms with Gasteiger partial charge in [0.25, 0.3) is 0 Å². The third kappa shape index (κ3) is 3.34. The first-order chi connectivity index (χ1) is 9.36. The third-order valence-corrected chi connectivity index (χ3v) is 3.59. The monoisotopic (exact) mass is 274 g/mol. The normalized spacial score (nSPS) is 22.8. The molecule has 0 aromatic heterocycles. The largest absolute Gasteiger partial charge is 0.489 e. The summed E-state index contributed by atoms with van der Waals surface area (Å²) in [4.78, 5) is 0. The summed E-state index contributed by atoms with van der Waals surface area (Å²) in [7, 11) is 0. The molecule has 0 saturated carbocycles. The van der Waals surface area contributed by atoms with Crippen LogP contribution in [0.1, 0.15) is 45.2 Å². The molecule has 0 radical (unpaired) electrons. The van der Waals surface area contributed by atoms with Crippen LogP contribution in [0.15, 0.2) is 18.2 Å². The number of aryl methyl sites for hydroxylation is 1. The maximum absolute atomic E-state index is 6.07. The van der Waals surface area contributed by atoms with E-state index in [9.17, 15) is 0 Å². The molecule has 110 valence electrons. The van der Waals surface area contributed by atoms with Gasteiger partial charge in [0.05, 0.1) is 11.8 Å². The van der Waals surface area contributed by atoms with E-state index in [4.69, 9.17) is 10.5 Å². The highest BCUT2D eigenvalue weighted by molar-refractivity contribution is 5.74. The average Bonchev–Trinajstić information content (AvgIpc) is 2.30. The Labute approximate surface area is 122 Å². The van der Waals surface area contributed by atoms with E-state index in [1.807, 2.05) is 19.9 Å². The van der Waals surface area contributed by atoms with Gasteiger partial charge in [-0.05, 0) is 69.9 Å². The van der Waals surface area contributed by atoms with E-state index in [0.29, 0.717) is 12.1 Å². The zero-order chi connectivity index (χ0) is 14.9. The first-order valence-corrected chi connectivity index (χ1v) is 7.40. The number of hydrogen-bond donors (Lipinski definition) is 2. The number of rotatable bonds is 3. The van der Waals surface area contributed by atoms with E-state index >= 15 is 0 Å². The second kappa shape index (κ2) is 5.88. The molecule has 0 aliphatic carbocycles. The van der Waals surface area contributed by atoms with Gasteiger partial charge in [0.1, 0.15) is 5.75 Å². The van der Waals surface area contributed by atoms with Gasteiger partial charge in [-0.15, -0.1) is 0 Å². The third-order valence-electron chi connectivity index (χ3n) is 3.59. The Morgan fingerprint density at radius 3 is 2.60 bits per heavy atom. The van der Waals surface area contributed by atoms with Gasteiger partial charge < -0.3 is 15.8 Å². The Morgan fingerprint density at radius 1 is 1.30 bits per heavy atom. The lowest BCUT2D eigenvalue weighted by Crippen LogP contribution is -2.36. The van der Waals surface area contributed by atoms with Crippen LogP contribution in [0.4, 0.5) is 5.69 Å². The summed E-state index contributed by atoms with van der Waals surface area (Å²) in [6.07, 6.45) is 3.47. The van der Waals surface area contributed by atoms with Crippen molar-refractivity contribution in [3.63, 3.8) is 0 Å². The van der Waals surface area contributed by atoms with Crippen LogP contribution < -0.4 is 15.8 Å². The second-order valence-electron chi connectivity index (χ2n) is 6.12. The maximum atomic E-state index is 6.07. The predicted molar refractivity (Wildman–Crippen MR) is 86.0 cm³/mol. The molecule has 1 aromatic carbocycles. The zero-order valence-electron chi connectivity index (χ0n) is 13.2. The standard InChI is InChI=1S/C17H26N2O/c1-10(2)20-17-9-15(11(3)6-16(17)18)14-7-12(4)19-13(5)8-14/h6-7,9-10,12-13,19H,8,18H2,1-5H3/t12?,13-/m1/s1. The van der Waals surface area contributed by atoms with Gasteiger partial charge in [-0.1, -0.05) is 6.08 Å². The van der Waals surface area contributed by atoms with Crippen molar-refractivity contribution in [2.75, 3.05) is 5.73 Å². The van der Waals surface area contributed by atoms with Gasteiger partial charge in [0, 0.05) is 12.1 Å². The highest BCUT2D eigenvalue weighted by Crippen LogP contribution is 2.33. The van der Waals surface area contributed by atoms with Crippen molar-refractivity contribution in [1.29, 1.82) is 0 Å². The predicted octanol–water partition coefficient (Wildman–Crippen LogP) is 3.52. The molecule has 0 amide bonds. The molecule has 20 heavy (non-hydrogen) atoms. The molecule has 3 N–H and O–H groups in total. The van der Waals surface area contributed by atoms with Crippen LogP contribution in [0.25, 0.3) is 5.57 Å². The molecule has 3 nitrogen and oxygen atoms in total. The number of ether oxygens (including phenoxy) is 1. The minimum Gasteiger partial charge on any atom is -0.489 e. The van der Waals surface area contributed by atoms with E-state index in [2.05, 4.69) is 38.2 Å². The van der Waals surface area contributed by atoms with Crippen molar-refractivity contribution in [2.45, 2.75) is 59.2 Å². The fraction of sp³-hybridized carbons (Fsp3) is 0.529. The highest BCUT2D eigenvalue weighted by atomic mass is 16.5. The Bertz CT molecular complexity index is 520. The number of nitrogens with one attached hydrogen (secondary N) is 1. The summed E-state index contributed by atoms with van der Waals surface area (Å²) >= 11 is 0. The zero-order valence-corrected chi connectivity index (χ0v) is 13.2. The average molecular weight is 274 g/mol. The van der Waals surface area contributed by atoms with Crippen molar-refractivity contribution in [3.05, 3.63) is 29.3 Å². The van der Waals surface area contributed by atoms with Gasteiger partial charge in [-0.3, -0.25) is 0 Å². The van der Waals surface area contributed by atoms with E-state index in [1.165, 1.54) is 16.7 Å². The van der Waals surface area contributed by atoms with Gasteiger partial charge in [-0.25, -0.2) is 0 Å². The molecular formula is C17H26N2O.